The average molecular weight is 305 g/mol. The molecular formula is C19H15NO3. The maximum atomic E-state index is 11.8. The summed E-state index contributed by atoms with van der Waals surface area (Å²) in [5.41, 5.74) is 3.53. The topological polar surface area (TPSA) is 63.2 Å². The Morgan fingerprint density at radius 3 is 2.65 bits per heavy atom. The molecule has 0 aliphatic carbocycles. The third-order valence-corrected chi connectivity index (χ3v) is 3.84. The molecule has 0 aliphatic rings. The average Bonchev–Trinajstić information content (AvgIpc) is 2.54. The van der Waals surface area contributed by atoms with Crippen LogP contribution >= 0.6 is 0 Å². The first kappa shape index (κ1) is 14.9. The number of aryl methyl sites for hydroxylation is 2. The van der Waals surface area contributed by atoms with Gasteiger partial charge < -0.3 is 9.15 Å². The lowest BCUT2D eigenvalue weighted by molar-refractivity contribution is 0.305. The van der Waals surface area contributed by atoms with E-state index in [1.165, 1.54) is 6.07 Å². The number of nitriles is 1. The molecule has 0 atom stereocenters. The van der Waals surface area contributed by atoms with Gasteiger partial charge in [-0.05, 0) is 49.2 Å². The molecule has 0 aliphatic heterocycles. The maximum absolute atomic E-state index is 11.8. The monoisotopic (exact) mass is 305 g/mol. The van der Waals surface area contributed by atoms with Crippen LogP contribution in [0.1, 0.15) is 22.3 Å². The lowest BCUT2D eigenvalue weighted by Crippen LogP contribution is -2.05. The molecule has 0 saturated carbocycles. The van der Waals surface area contributed by atoms with E-state index in [1.807, 2.05) is 26.0 Å². The van der Waals surface area contributed by atoms with Crippen LogP contribution in [0.2, 0.25) is 0 Å². The lowest BCUT2D eigenvalue weighted by Gasteiger charge is -2.10. The highest BCUT2D eigenvalue weighted by Gasteiger charge is 2.09. The van der Waals surface area contributed by atoms with Crippen LogP contribution in [0.3, 0.4) is 0 Å². The van der Waals surface area contributed by atoms with Crippen molar-refractivity contribution in [2.24, 2.45) is 0 Å². The third-order valence-electron chi connectivity index (χ3n) is 3.84. The minimum absolute atomic E-state index is 0.198. The van der Waals surface area contributed by atoms with Gasteiger partial charge >= 0.3 is 5.63 Å². The fraction of sp³-hybridized carbons (Fsp3) is 0.158. The standard InChI is InChI=1S/C19H15NO3/c1-12-7-16-15(9-19(21)23-18(16)8-13(12)2)11-22-17-6-4-3-5-14(17)10-20/h3-9H,11H2,1-2H3. The van der Waals surface area contributed by atoms with Crippen molar-refractivity contribution in [3.05, 3.63) is 75.1 Å². The summed E-state index contributed by atoms with van der Waals surface area (Å²) in [4.78, 5) is 11.8. The minimum atomic E-state index is -0.409. The van der Waals surface area contributed by atoms with E-state index in [-0.39, 0.29) is 6.61 Å². The molecule has 0 unspecified atom stereocenters. The maximum Gasteiger partial charge on any atom is 0.336 e. The number of hydrogen-bond donors (Lipinski definition) is 0. The fourth-order valence-electron chi connectivity index (χ4n) is 2.44. The molecule has 4 heteroatoms. The van der Waals surface area contributed by atoms with Gasteiger partial charge in [0, 0.05) is 17.0 Å². The molecule has 0 N–H and O–H groups in total. The SMILES string of the molecule is Cc1cc2oc(=O)cc(COc3ccccc3C#N)c2cc1C. The van der Waals surface area contributed by atoms with Crippen molar-refractivity contribution in [1.82, 2.24) is 0 Å². The Balaban J connectivity index is 2.01. The molecule has 1 heterocycles. The number of para-hydroxylation sites is 1. The summed E-state index contributed by atoms with van der Waals surface area (Å²) >= 11 is 0. The van der Waals surface area contributed by atoms with E-state index in [0.717, 1.165) is 22.1 Å². The van der Waals surface area contributed by atoms with Gasteiger partial charge in [-0.2, -0.15) is 5.26 Å². The van der Waals surface area contributed by atoms with Gasteiger partial charge in [0.25, 0.3) is 0 Å². The molecule has 0 spiro atoms. The van der Waals surface area contributed by atoms with Gasteiger partial charge in [0.15, 0.2) is 0 Å². The third kappa shape index (κ3) is 2.95. The smallest absolute Gasteiger partial charge is 0.336 e. The number of fused-ring (bicyclic) bond motifs is 1. The number of nitrogens with zero attached hydrogens (tertiary/aromatic N) is 1. The minimum Gasteiger partial charge on any atom is -0.487 e. The van der Waals surface area contributed by atoms with E-state index < -0.39 is 5.63 Å². The number of benzene rings is 2. The van der Waals surface area contributed by atoms with Crippen LogP contribution in [-0.2, 0) is 6.61 Å². The molecule has 0 amide bonds. The zero-order valence-corrected chi connectivity index (χ0v) is 12.9. The Hall–Kier alpha value is -3.06. The summed E-state index contributed by atoms with van der Waals surface area (Å²) in [6.07, 6.45) is 0. The van der Waals surface area contributed by atoms with Crippen molar-refractivity contribution in [2.45, 2.75) is 20.5 Å². The molecule has 1 aromatic heterocycles. The Morgan fingerprint density at radius 1 is 1.13 bits per heavy atom. The van der Waals surface area contributed by atoms with Crippen molar-refractivity contribution in [2.75, 3.05) is 0 Å². The normalized spacial score (nSPS) is 10.5. The number of rotatable bonds is 3. The second kappa shape index (κ2) is 5.98. The first-order chi connectivity index (χ1) is 11.1. The molecule has 3 aromatic rings. The first-order valence-corrected chi connectivity index (χ1v) is 7.24. The highest BCUT2D eigenvalue weighted by molar-refractivity contribution is 5.81. The summed E-state index contributed by atoms with van der Waals surface area (Å²) in [6, 6.07) is 14.4. The summed E-state index contributed by atoms with van der Waals surface area (Å²) in [6.45, 7) is 4.18. The van der Waals surface area contributed by atoms with E-state index in [2.05, 4.69) is 6.07 Å². The number of hydrogen-bond acceptors (Lipinski definition) is 4. The van der Waals surface area contributed by atoms with E-state index in [0.29, 0.717) is 16.9 Å². The molecule has 4 nitrogen and oxygen atoms in total. The summed E-state index contributed by atoms with van der Waals surface area (Å²) in [7, 11) is 0. The molecule has 23 heavy (non-hydrogen) atoms. The van der Waals surface area contributed by atoms with Gasteiger partial charge in [0.2, 0.25) is 0 Å². The van der Waals surface area contributed by atoms with Gasteiger partial charge in [-0.15, -0.1) is 0 Å². The van der Waals surface area contributed by atoms with Crippen molar-refractivity contribution >= 4 is 11.0 Å². The second-order valence-corrected chi connectivity index (χ2v) is 5.42. The summed E-state index contributed by atoms with van der Waals surface area (Å²) in [5.74, 6) is 0.500. The zero-order chi connectivity index (χ0) is 16.4. The molecule has 0 saturated heterocycles. The zero-order valence-electron chi connectivity index (χ0n) is 12.9. The molecule has 0 fully saturated rings. The predicted molar refractivity (Wildman–Crippen MR) is 87.4 cm³/mol. The van der Waals surface area contributed by atoms with Crippen molar-refractivity contribution < 1.29 is 9.15 Å². The molecule has 2 aromatic carbocycles. The van der Waals surface area contributed by atoms with Crippen molar-refractivity contribution in [3.8, 4) is 11.8 Å². The van der Waals surface area contributed by atoms with Gasteiger partial charge in [-0.25, -0.2) is 4.79 Å². The van der Waals surface area contributed by atoms with E-state index in [4.69, 9.17) is 14.4 Å². The van der Waals surface area contributed by atoms with Crippen LogP contribution in [0.5, 0.6) is 5.75 Å². The lowest BCUT2D eigenvalue weighted by atomic mass is 10.0. The van der Waals surface area contributed by atoms with Gasteiger partial charge in [-0.1, -0.05) is 12.1 Å². The first-order valence-electron chi connectivity index (χ1n) is 7.24. The molecule has 0 radical (unpaired) electrons. The fourth-order valence-corrected chi connectivity index (χ4v) is 2.44. The Morgan fingerprint density at radius 2 is 1.87 bits per heavy atom. The Bertz CT molecular complexity index is 980. The van der Waals surface area contributed by atoms with Crippen LogP contribution in [0, 0.1) is 25.2 Å². The van der Waals surface area contributed by atoms with Gasteiger partial charge in [0.05, 0.1) is 5.56 Å². The molecule has 114 valence electrons. The summed E-state index contributed by atoms with van der Waals surface area (Å²) in [5, 5.41) is 9.95. The molecular weight excluding hydrogens is 290 g/mol. The van der Waals surface area contributed by atoms with E-state index in [9.17, 15) is 4.79 Å². The van der Waals surface area contributed by atoms with Crippen LogP contribution in [0.4, 0.5) is 0 Å². The number of ether oxygens (including phenoxy) is 1. The van der Waals surface area contributed by atoms with Crippen molar-refractivity contribution in [1.29, 1.82) is 5.26 Å². The van der Waals surface area contributed by atoms with Crippen LogP contribution in [-0.4, -0.2) is 0 Å². The predicted octanol–water partition coefficient (Wildman–Crippen LogP) is 3.86. The van der Waals surface area contributed by atoms with E-state index in [1.54, 1.807) is 24.3 Å². The van der Waals surface area contributed by atoms with Crippen LogP contribution in [0.15, 0.2) is 51.7 Å². The second-order valence-electron chi connectivity index (χ2n) is 5.42. The largest absolute Gasteiger partial charge is 0.487 e. The quantitative estimate of drug-likeness (QED) is 0.689. The highest BCUT2D eigenvalue weighted by Crippen LogP contribution is 2.24. The Labute approximate surface area is 133 Å². The summed E-state index contributed by atoms with van der Waals surface area (Å²) < 4.78 is 11.0. The highest BCUT2D eigenvalue weighted by atomic mass is 16.5. The van der Waals surface area contributed by atoms with Crippen molar-refractivity contribution in [3.63, 3.8) is 0 Å². The molecule has 0 bridgehead atoms. The molecule has 3 rings (SSSR count). The van der Waals surface area contributed by atoms with Gasteiger partial charge in [0.1, 0.15) is 24.0 Å². The Kier molecular flexibility index (Phi) is 3.86. The van der Waals surface area contributed by atoms with E-state index >= 15 is 0 Å². The van der Waals surface area contributed by atoms with Crippen LogP contribution < -0.4 is 10.4 Å². The van der Waals surface area contributed by atoms with Crippen LogP contribution in [0.25, 0.3) is 11.0 Å². The van der Waals surface area contributed by atoms with Gasteiger partial charge in [-0.3, -0.25) is 0 Å².